The first-order chi connectivity index (χ1) is 8.36. The molecule has 0 aromatic carbocycles. The van der Waals surface area contributed by atoms with Crippen molar-refractivity contribution < 1.29 is 0 Å². The van der Waals surface area contributed by atoms with Crippen molar-refractivity contribution in [2.75, 3.05) is 7.05 Å². The quantitative estimate of drug-likeness (QED) is 0.600. The lowest BCUT2D eigenvalue weighted by atomic mass is 10.0. The van der Waals surface area contributed by atoms with Gasteiger partial charge in [0.05, 0.1) is 0 Å². The lowest BCUT2D eigenvalue weighted by Crippen LogP contribution is -2.25. The Balaban J connectivity index is 2.07. The fourth-order valence-electron chi connectivity index (χ4n) is 2.20. The van der Waals surface area contributed by atoms with E-state index < -0.39 is 0 Å². The predicted octanol–water partition coefficient (Wildman–Crippen LogP) is 4.63. The van der Waals surface area contributed by atoms with Crippen LogP contribution in [0.2, 0.25) is 0 Å². The molecule has 0 radical (unpaired) electrons. The minimum Gasteiger partial charge on any atom is -0.317 e. The number of aryl methyl sites for hydroxylation is 1. The Bertz CT molecular complexity index is 256. The SMILES string of the molecule is CCCCCCCC(CCc1cccs1)NC. The normalized spacial score (nSPS) is 12.8. The zero-order valence-corrected chi connectivity index (χ0v) is 12.2. The lowest BCUT2D eigenvalue weighted by Gasteiger charge is -2.15. The molecule has 0 aliphatic rings. The van der Waals surface area contributed by atoms with Gasteiger partial charge < -0.3 is 5.32 Å². The van der Waals surface area contributed by atoms with Gasteiger partial charge in [0.25, 0.3) is 0 Å². The van der Waals surface area contributed by atoms with E-state index in [0.29, 0.717) is 6.04 Å². The zero-order chi connectivity index (χ0) is 12.3. The summed E-state index contributed by atoms with van der Waals surface area (Å²) < 4.78 is 0. The Kier molecular flexibility index (Phi) is 8.37. The number of nitrogens with one attached hydrogen (secondary N) is 1. The third-order valence-electron chi connectivity index (χ3n) is 3.38. The van der Waals surface area contributed by atoms with Gasteiger partial charge in [-0.25, -0.2) is 0 Å². The standard InChI is InChI=1S/C15H27NS/c1-3-4-5-6-7-9-14(16-2)11-12-15-10-8-13-17-15/h8,10,13-14,16H,3-7,9,11-12H2,1-2H3. The molecule has 1 nitrogen and oxygen atoms in total. The number of thiophene rings is 1. The first-order valence-corrected chi connectivity index (χ1v) is 7.94. The summed E-state index contributed by atoms with van der Waals surface area (Å²) in [5, 5.41) is 5.64. The summed E-state index contributed by atoms with van der Waals surface area (Å²) in [5.41, 5.74) is 0. The van der Waals surface area contributed by atoms with Crippen molar-refractivity contribution in [3.8, 4) is 0 Å². The highest BCUT2D eigenvalue weighted by Crippen LogP contribution is 2.15. The van der Waals surface area contributed by atoms with Crippen molar-refractivity contribution in [1.29, 1.82) is 0 Å². The van der Waals surface area contributed by atoms with Gasteiger partial charge in [0.15, 0.2) is 0 Å². The molecule has 0 fully saturated rings. The number of hydrogen-bond donors (Lipinski definition) is 1. The van der Waals surface area contributed by atoms with Crippen LogP contribution < -0.4 is 5.32 Å². The van der Waals surface area contributed by atoms with Crippen molar-refractivity contribution in [3.05, 3.63) is 22.4 Å². The topological polar surface area (TPSA) is 12.0 Å². The molecule has 0 aliphatic heterocycles. The number of unbranched alkanes of at least 4 members (excludes halogenated alkanes) is 4. The van der Waals surface area contributed by atoms with E-state index in [-0.39, 0.29) is 0 Å². The third-order valence-corrected chi connectivity index (χ3v) is 4.32. The van der Waals surface area contributed by atoms with Gasteiger partial charge in [0.1, 0.15) is 0 Å². The fourth-order valence-corrected chi connectivity index (χ4v) is 2.92. The first kappa shape index (κ1) is 14.7. The summed E-state index contributed by atoms with van der Waals surface area (Å²) >= 11 is 1.88. The van der Waals surface area contributed by atoms with Crippen molar-refractivity contribution >= 4 is 11.3 Å². The number of hydrogen-bond acceptors (Lipinski definition) is 2. The van der Waals surface area contributed by atoms with Gasteiger partial charge in [-0.15, -0.1) is 11.3 Å². The van der Waals surface area contributed by atoms with Crippen molar-refractivity contribution in [2.45, 2.75) is 64.3 Å². The van der Waals surface area contributed by atoms with Crippen LogP contribution in [0.15, 0.2) is 17.5 Å². The van der Waals surface area contributed by atoms with E-state index in [1.807, 2.05) is 11.3 Å². The molecular weight excluding hydrogens is 226 g/mol. The molecular formula is C15H27NS. The van der Waals surface area contributed by atoms with Crippen LogP contribution in [0.1, 0.15) is 56.7 Å². The maximum Gasteiger partial charge on any atom is 0.00675 e. The van der Waals surface area contributed by atoms with E-state index in [2.05, 4.69) is 36.8 Å². The van der Waals surface area contributed by atoms with Gasteiger partial charge in [-0.05, 0) is 37.8 Å². The van der Waals surface area contributed by atoms with Crippen LogP contribution in [0.4, 0.5) is 0 Å². The summed E-state index contributed by atoms with van der Waals surface area (Å²) in [7, 11) is 2.10. The van der Waals surface area contributed by atoms with Crippen LogP contribution >= 0.6 is 11.3 Å². The van der Waals surface area contributed by atoms with Gasteiger partial charge in [0.2, 0.25) is 0 Å². The highest BCUT2D eigenvalue weighted by Gasteiger charge is 2.06. The molecule has 1 aromatic rings. The molecule has 1 aromatic heterocycles. The molecule has 1 unspecified atom stereocenters. The van der Waals surface area contributed by atoms with E-state index in [0.717, 1.165) is 0 Å². The predicted molar refractivity (Wildman–Crippen MR) is 78.9 cm³/mol. The van der Waals surface area contributed by atoms with Crippen molar-refractivity contribution in [2.24, 2.45) is 0 Å². The van der Waals surface area contributed by atoms with Crippen molar-refractivity contribution in [3.63, 3.8) is 0 Å². The summed E-state index contributed by atoms with van der Waals surface area (Å²) in [6, 6.07) is 5.11. The first-order valence-electron chi connectivity index (χ1n) is 7.06. The molecule has 1 atom stereocenters. The molecule has 1 rings (SSSR count). The molecule has 98 valence electrons. The second-order valence-electron chi connectivity index (χ2n) is 4.81. The number of rotatable bonds is 10. The molecule has 0 spiro atoms. The van der Waals surface area contributed by atoms with E-state index in [1.54, 1.807) is 0 Å². The van der Waals surface area contributed by atoms with Gasteiger partial charge in [-0.1, -0.05) is 45.1 Å². The Morgan fingerprint density at radius 3 is 2.65 bits per heavy atom. The molecule has 1 heterocycles. The molecule has 0 saturated carbocycles. The molecule has 0 bridgehead atoms. The van der Waals surface area contributed by atoms with Crippen LogP contribution in [0, 0.1) is 0 Å². The summed E-state index contributed by atoms with van der Waals surface area (Å²) in [6.07, 6.45) is 10.8. The molecule has 0 amide bonds. The second kappa shape index (κ2) is 9.67. The average Bonchev–Trinajstić information content (AvgIpc) is 2.86. The summed E-state index contributed by atoms with van der Waals surface area (Å²) in [5.74, 6) is 0. The van der Waals surface area contributed by atoms with E-state index in [4.69, 9.17) is 0 Å². The van der Waals surface area contributed by atoms with Crippen LogP contribution in [-0.4, -0.2) is 13.1 Å². The molecule has 1 N–H and O–H groups in total. The largest absolute Gasteiger partial charge is 0.317 e. The van der Waals surface area contributed by atoms with Gasteiger partial charge in [-0.2, -0.15) is 0 Å². The fraction of sp³-hybridized carbons (Fsp3) is 0.733. The summed E-state index contributed by atoms with van der Waals surface area (Å²) in [4.78, 5) is 1.52. The van der Waals surface area contributed by atoms with E-state index in [1.165, 1.54) is 56.2 Å². The van der Waals surface area contributed by atoms with Crippen molar-refractivity contribution in [1.82, 2.24) is 5.32 Å². The molecule has 0 aliphatic carbocycles. The Hall–Kier alpha value is -0.340. The van der Waals surface area contributed by atoms with E-state index >= 15 is 0 Å². The maximum atomic E-state index is 3.46. The Morgan fingerprint density at radius 2 is 2.00 bits per heavy atom. The van der Waals surface area contributed by atoms with Crippen LogP contribution in [0.5, 0.6) is 0 Å². The minimum atomic E-state index is 0.707. The maximum absolute atomic E-state index is 3.46. The van der Waals surface area contributed by atoms with Gasteiger partial charge in [-0.3, -0.25) is 0 Å². The monoisotopic (exact) mass is 253 g/mol. The van der Waals surface area contributed by atoms with Gasteiger partial charge in [0, 0.05) is 10.9 Å². The molecule has 0 saturated heterocycles. The zero-order valence-electron chi connectivity index (χ0n) is 11.4. The average molecular weight is 253 g/mol. The Morgan fingerprint density at radius 1 is 1.18 bits per heavy atom. The molecule has 17 heavy (non-hydrogen) atoms. The van der Waals surface area contributed by atoms with Crippen LogP contribution in [-0.2, 0) is 6.42 Å². The third kappa shape index (κ3) is 6.85. The molecule has 2 heteroatoms. The summed E-state index contributed by atoms with van der Waals surface area (Å²) in [6.45, 7) is 2.28. The highest BCUT2D eigenvalue weighted by atomic mass is 32.1. The minimum absolute atomic E-state index is 0.707. The van der Waals surface area contributed by atoms with Crippen LogP contribution in [0.3, 0.4) is 0 Å². The Labute approximate surface area is 111 Å². The van der Waals surface area contributed by atoms with Crippen LogP contribution in [0.25, 0.3) is 0 Å². The van der Waals surface area contributed by atoms with Gasteiger partial charge >= 0.3 is 0 Å². The smallest absolute Gasteiger partial charge is 0.00675 e. The highest BCUT2D eigenvalue weighted by molar-refractivity contribution is 7.09. The lowest BCUT2D eigenvalue weighted by molar-refractivity contribution is 0.460. The second-order valence-corrected chi connectivity index (χ2v) is 5.84. The van der Waals surface area contributed by atoms with E-state index in [9.17, 15) is 0 Å².